The van der Waals surface area contributed by atoms with Gasteiger partial charge in [-0.2, -0.15) is 13.2 Å². The fourth-order valence-electron chi connectivity index (χ4n) is 1.83. The van der Waals surface area contributed by atoms with Crippen LogP contribution >= 0.6 is 11.3 Å². The molecule has 1 aromatic heterocycles. The highest BCUT2D eigenvalue weighted by Gasteiger charge is 2.58. The monoisotopic (exact) mass is 367 g/mol. The topological polar surface area (TPSA) is 91.3 Å². The number of rotatable bonds is 7. The Labute approximate surface area is 141 Å². The minimum Gasteiger partial charge on any atom is -0.374 e. The van der Waals surface area contributed by atoms with E-state index in [0.717, 1.165) is 0 Å². The van der Waals surface area contributed by atoms with Crippen LogP contribution in [-0.2, 0) is 15.2 Å². The van der Waals surface area contributed by atoms with Gasteiger partial charge >= 0.3 is 6.18 Å². The Kier molecular flexibility index (Phi) is 6.73. The summed E-state index contributed by atoms with van der Waals surface area (Å²) in [6, 6.07) is -1.01. The van der Waals surface area contributed by atoms with Gasteiger partial charge in [0.2, 0.25) is 17.4 Å². The van der Waals surface area contributed by atoms with Crippen LogP contribution in [0.1, 0.15) is 37.4 Å². The van der Waals surface area contributed by atoms with Crippen LogP contribution < -0.4 is 10.6 Å². The third kappa shape index (κ3) is 4.91. The summed E-state index contributed by atoms with van der Waals surface area (Å²) in [5.74, 6) is -1.60. The van der Waals surface area contributed by atoms with Crippen LogP contribution in [0.15, 0.2) is 5.38 Å². The number of halogens is 3. The summed E-state index contributed by atoms with van der Waals surface area (Å²) < 4.78 is 39.8. The van der Waals surface area contributed by atoms with Crippen molar-refractivity contribution in [1.82, 2.24) is 15.6 Å². The van der Waals surface area contributed by atoms with Gasteiger partial charge in [0.25, 0.3) is 0 Å². The summed E-state index contributed by atoms with van der Waals surface area (Å²) in [4.78, 5) is 27.2. The van der Waals surface area contributed by atoms with E-state index < -0.39 is 41.1 Å². The molecule has 6 nitrogen and oxygen atoms in total. The minimum atomic E-state index is -5.08. The molecule has 0 fully saturated rings. The van der Waals surface area contributed by atoms with Crippen LogP contribution in [0, 0.1) is 6.92 Å². The molecular weight excluding hydrogens is 347 g/mol. The van der Waals surface area contributed by atoms with Gasteiger partial charge in [-0.15, -0.1) is 11.3 Å². The number of aliphatic hydroxyl groups is 1. The van der Waals surface area contributed by atoms with E-state index >= 15 is 0 Å². The maximum Gasteiger partial charge on any atom is 0.424 e. The predicted octanol–water partition coefficient (Wildman–Crippen LogP) is 1.62. The van der Waals surface area contributed by atoms with Crippen LogP contribution in [0.2, 0.25) is 0 Å². The van der Waals surface area contributed by atoms with E-state index in [1.54, 1.807) is 0 Å². The number of aryl methyl sites for hydroxylation is 1. The first-order valence-corrected chi connectivity index (χ1v) is 8.18. The van der Waals surface area contributed by atoms with E-state index in [9.17, 15) is 27.9 Å². The second-order valence-corrected chi connectivity index (χ2v) is 6.27. The van der Waals surface area contributed by atoms with Crippen molar-refractivity contribution in [3.63, 3.8) is 0 Å². The van der Waals surface area contributed by atoms with Crippen molar-refractivity contribution in [3.05, 3.63) is 16.1 Å². The van der Waals surface area contributed by atoms with Crippen LogP contribution in [0.25, 0.3) is 0 Å². The molecule has 1 heterocycles. The summed E-state index contributed by atoms with van der Waals surface area (Å²) in [6.45, 7) is 5.06. The van der Waals surface area contributed by atoms with Gasteiger partial charge in [0.15, 0.2) is 0 Å². The molecule has 1 rings (SSSR count). The lowest BCUT2D eigenvalue weighted by Crippen LogP contribution is -2.50. The maximum absolute atomic E-state index is 13.3. The average molecular weight is 367 g/mol. The highest BCUT2D eigenvalue weighted by Crippen LogP contribution is 2.42. The van der Waals surface area contributed by atoms with Gasteiger partial charge in [0.1, 0.15) is 11.0 Å². The molecule has 0 aromatic carbocycles. The van der Waals surface area contributed by atoms with Crippen molar-refractivity contribution in [1.29, 1.82) is 0 Å². The van der Waals surface area contributed by atoms with Crippen molar-refractivity contribution >= 4 is 23.2 Å². The Bertz CT molecular complexity index is 591. The fourth-order valence-corrected chi connectivity index (χ4v) is 2.75. The van der Waals surface area contributed by atoms with Gasteiger partial charge in [-0.25, -0.2) is 4.98 Å². The number of thiazole rings is 1. The standard InChI is InChI=1S/C14H20F3N3O3S/c1-4-5-18-11(22)9(3)20-10(21)6-13(23,14(15,16)17)12-19-8(2)7-24-12/h7,9,23H,4-6H2,1-3H3,(H,18,22)(H,20,21)/t9-,13+/m0/s1. The van der Waals surface area contributed by atoms with Crippen LogP contribution in [0.4, 0.5) is 13.2 Å². The largest absolute Gasteiger partial charge is 0.424 e. The van der Waals surface area contributed by atoms with Gasteiger partial charge in [0, 0.05) is 17.6 Å². The molecular formula is C14H20F3N3O3S. The minimum absolute atomic E-state index is 0.311. The number of hydrogen-bond donors (Lipinski definition) is 3. The van der Waals surface area contributed by atoms with E-state index in [0.29, 0.717) is 30.0 Å². The van der Waals surface area contributed by atoms with Gasteiger partial charge in [-0.3, -0.25) is 9.59 Å². The van der Waals surface area contributed by atoms with Crippen molar-refractivity contribution in [2.45, 2.75) is 51.4 Å². The zero-order valence-corrected chi connectivity index (χ0v) is 14.3. The molecule has 0 unspecified atom stereocenters. The highest BCUT2D eigenvalue weighted by atomic mass is 32.1. The molecule has 0 aliphatic rings. The van der Waals surface area contributed by atoms with Gasteiger partial charge in [-0.1, -0.05) is 6.92 Å². The first-order valence-electron chi connectivity index (χ1n) is 7.30. The van der Waals surface area contributed by atoms with Crippen molar-refractivity contribution in [2.24, 2.45) is 0 Å². The van der Waals surface area contributed by atoms with E-state index in [4.69, 9.17) is 0 Å². The molecule has 0 spiro atoms. The molecule has 10 heteroatoms. The molecule has 0 aliphatic carbocycles. The first kappa shape index (κ1) is 20.4. The molecule has 0 radical (unpaired) electrons. The summed E-state index contributed by atoms with van der Waals surface area (Å²) in [7, 11) is 0. The number of carbonyl (C=O) groups excluding carboxylic acids is 2. The molecule has 1 aromatic rings. The zero-order valence-electron chi connectivity index (χ0n) is 13.5. The highest BCUT2D eigenvalue weighted by molar-refractivity contribution is 7.09. The molecule has 0 bridgehead atoms. The third-order valence-corrected chi connectivity index (χ3v) is 4.29. The lowest BCUT2D eigenvalue weighted by atomic mass is 9.99. The summed E-state index contributed by atoms with van der Waals surface area (Å²) in [6.07, 6.45) is -5.67. The maximum atomic E-state index is 13.3. The molecule has 0 saturated carbocycles. The quantitative estimate of drug-likeness (QED) is 0.683. The smallest absolute Gasteiger partial charge is 0.374 e. The molecule has 136 valence electrons. The molecule has 2 atom stereocenters. The van der Waals surface area contributed by atoms with Crippen molar-refractivity contribution in [3.8, 4) is 0 Å². The normalized spacial score (nSPS) is 15.5. The number of nitrogens with one attached hydrogen (secondary N) is 2. The number of hydrogen-bond acceptors (Lipinski definition) is 5. The van der Waals surface area contributed by atoms with Crippen molar-refractivity contribution < 1.29 is 27.9 Å². The Morgan fingerprint density at radius 2 is 2.04 bits per heavy atom. The summed E-state index contributed by atoms with van der Waals surface area (Å²) in [5.41, 5.74) is -3.08. The number of amides is 2. The third-order valence-electron chi connectivity index (χ3n) is 3.18. The Balaban J connectivity index is 2.85. The fraction of sp³-hybridized carbons (Fsp3) is 0.643. The molecule has 24 heavy (non-hydrogen) atoms. The van der Waals surface area contributed by atoms with Gasteiger partial charge < -0.3 is 15.7 Å². The number of aromatic nitrogens is 1. The van der Waals surface area contributed by atoms with E-state index in [1.165, 1.54) is 19.2 Å². The Morgan fingerprint density at radius 1 is 1.42 bits per heavy atom. The second-order valence-electron chi connectivity index (χ2n) is 5.41. The Hall–Kier alpha value is -1.68. The molecule has 2 amide bonds. The van der Waals surface area contributed by atoms with Gasteiger partial charge in [-0.05, 0) is 20.3 Å². The van der Waals surface area contributed by atoms with E-state index in [2.05, 4.69) is 15.6 Å². The van der Waals surface area contributed by atoms with E-state index in [1.807, 2.05) is 6.92 Å². The van der Waals surface area contributed by atoms with Crippen LogP contribution in [0.3, 0.4) is 0 Å². The lowest BCUT2D eigenvalue weighted by molar-refractivity contribution is -0.267. The lowest BCUT2D eigenvalue weighted by Gasteiger charge is -2.28. The van der Waals surface area contributed by atoms with Crippen molar-refractivity contribution in [2.75, 3.05) is 6.54 Å². The van der Waals surface area contributed by atoms with Gasteiger partial charge in [0.05, 0.1) is 6.42 Å². The SMILES string of the molecule is CCCNC(=O)[C@H](C)NC(=O)C[C@@](O)(c1nc(C)cs1)C(F)(F)F. The number of alkyl halides is 3. The molecule has 0 saturated heterocycles. The molecule has 3 N–H and O–H groups in total. The first-order chi connectivity index (χ1) is 11.0. The predicted molar refractivity (Wildman–Crippen MR) is 82.3 cm³/mol. The number of nitrogens with zero attached hydrogens (tertiary/aromatic N) is 1. The average Bonchev–Trinajstić information content (AvgIpc) is 2.90. The summed E-state index contributed by atoms with van der Waals surface area (Å²) >= 11 is 0.621. The summed E-state index contributed by atoms with van der Waals surface area (Å²) in [5, 5.41) is 15.5. The zero-order chi connectivity index (χ0) is 18.5. The van der Waals surface area contributed by atoms with Crippen LogP contribution in [0.5, 0.6) is 0 Å². The Morgan fingerprint density at radius 3 is 2.50 bits per heavy atom. The number of carbonyl (C=O) groups is 2. The molecule has 0 aliphatic heterocycles. The second kappa shape index (κ2) is 7.93. The van der Waals surface area contributed by atoms with Crippen LogP contribution in [-0.4, -0.2) is 40.7 Å². The van der Waals surface area contributed by atoms with E-state index in [-0.39, 0.29) is 0 Å².